The zero-order valence-electron chi connectivity index (χ0n) is 14.5. The molecule has 0 atom stereocenters. The lowest BCUT2D eigenvalue weighted by Gasteiger charge is -2.26. The van der Waals surface area contributed by atoms with E-state index in [0.29, 0.717) is 5.56 Å². The smallest absolute Gasteiger partial charge is 0.182 e. The van der Waals surface area contributed by atoms with Gasteiger partial charge in [0.2, 0.25) is 0 Å². The van der Waals surface area contributed by atoms with E-state index in [0.717, 1.165) is 37.3 Å². The molecule has 0 amide bonds. The minimum absolute atomic E-state index is 0.0347. The Kier molecular flexibility index (Phi) is 5.59. The van der Waals surface area contributed by atoms with Crippen molar-refractivity contribution in [2.24, 2.45) is 4.99 Å². The van der Waals surface area contributed by atoms with Crippen LogP contribution < -0.4 is 4.90 Å². The highest BCUT2D eigenvalue weighted by atomic mass is 19.1. The maximum absolute atomic E-state index is 13.1. The van der Waals surface area contributed by atoms with E-state index in [1.54, 1.807) is 12.1 Å². The SMILES string of the molecule is Cc1ccc(N(CC(=O)c2ccc(F)cc2)C2=NCCCCC2)cc1. The number of carbonyl (C=O) groups excluding carboxylic acids is 1. The van der Waals surface area contributed by atoms with Gasteiger partial charge in [-0.3, -0.25) is 9.79 Å². The summed E-state index contributed by atoms with van der Waals surface area (Å²) < 4.78 is 13.1. The Morgan fingerprint density at radius 2 is 1.76 bits per heavy atom. The predicted molar refractivity (Wildman–Crippen MR) is 100 cm³/mol. The van der Waals surface area contributed by atoms with E-state index >= 15 is 0 Å². The Labute approximate surface area is 148 Å². The van der Waals surface area contributed by atoms with Gasteiger partial charge in [0.1, 0.15) is 11.7 Å². The van der Waals surface area contributed by atoms with E-state index in [1.807, 2.05) is 36.1 Å². The second-order valence-corrected chi connectivity index (χ2v) is 6.46. The van der Waals surface area contributed by atoms with E-state index in [2.05, 4.69) is 0 Å². The summed E-state index contributed by atoms with van der Waals surface area (Å²) in [5.41, 5.74) is 2.67. The molecule has 25 heavy (non-hydrogen) atoms. The minimum Gasteiger partial charge on any atom is -0.322 e. The van der Waals surface area contributed by atoms with Crippen molar-refractivity contribution < 1.29 is 9.18 Å². The largest absolute Gasteiger partial charge is 0.322 e. The van der Waals surface area contributed by atoms with Crippen molar-refractivity contribution >= 4 is 17.3 Å². The van der Waals surface area contributed by atoms with Gasteiger partial charge in [0, 0.05) is 24.2 Å². The number of hydrogen-bond donors (Lipinski definition) is 0. The summed E-state index contributed by atoms with van der Waals surface area (Å²) in [6, 6.07) is 13.9. The van der Waals surface area contributed by atoms with Crippen molar-refractivity contribution in [3.05, 3.63) is 65.5 Å². The fraction of sp³-hybridized carbons (Fsp3) is 0.333. The first kappa shape index (κ1) is 17.3. The maximum atomic E-state index is 13.1. The van der Waals surface area contributed by atoms with Crippen molar-refractivity contribution in [3.63, 3.8) is 0 Å². The van der Waals surface area contributed by atoms with Crippen LogP contribution in [0.3, 0.4) is 0 Å². The van der Waals surface area contributed by atoms with Crippen LogP contribution in [-0.4, -0.2) is 24.7 Å². The van der Waals surface area contributed by atoms with Crippen LogP contribution in [0, 0.1) is 12.7 Å². The summed E-state index contributed by atoms with van der Waals surface area (Å²) >= 11 is 0. The Balaban J connectivity index is 1.87. The molecule has 0 saturated carbocycles. The first-order valence-corrected chi connectivity index (χ1v) is 8.80. The van der Waals surface area contributed by atoms with Crippen LogP contribution in [0.4, 0.5) is 10.1 Å². The Morgan fingerprint density at radius 3 is 2.48 bits per heavy atom. The lowest BCUT2D eigenvalue weighted by Crippen LogP contribution is -2.36. The van der Waals surface area contributed by atoms with Gasteiger partial charge >= 0.3 is 0 Å². The molecule has 0 bridgehead atoms. The number of aliphatic imine (C=N–C) groups is 1. The molecule has 3 rings (SSSR count). The molecule has 130 valence electrons. The first-order valence-electron chi connectivity index (χ1n) is 8.80. The third-order valence-electron chi connectivity index (χ3n) is 4.48. The number of halogens is 1. The minimum atomic E-state index is -0.333. The van der Waals surface area contributed by atoms with E-state index < -0.39 is 0 Å². The summed E-state index contributed by atoms with van der Waals surface area (Å²) in [5, 5.41) is 0. The molecule has 0 radical (unpaired) electrons. The predicted octanol–water partition coefficient (Wildman–Crippen LogP) is 4.80. The average molecular weight is 338 g/mol. The van der Waals surface area contributed by atoms with Gasteiger partial charge in [0.15, 0.2) is 5.78 Å². The van der Waals surface area contributed by atoms with Crippen molar-refractivity contribution in [2.75, 3.05) is 18.0 Å². The van der Waals surface area contributed by atoms with Gasteiger partial charge in [0.05, 0.1) is 6.54 Å². The third kappa shape index (κ3) is 4.53. The van der Waals surface area contributed by atoms with Crippen molar-refractivity contribution in [1.29, 1.82) is 0 Å². The Bertz CT molecular complexity index is 750. The van der Waals surface area contributed by atoms with Gasteiger partial charge in [-0.05, 0) is 56.2 Å². The van der Waals surface area contributed by atoms with Crippen LogP contribution in [0.1, 0.15) is 41.6 Å². The van der Waals surface area contributed by atoms with Gasteiger partial charge in [-0.1, -0.05) is 24.1 Å². The van der Waals surface area contributed by atoms with E-state index in [1.165, 1.54) is 24.1 Å². The number of anilines is 1. The molecule has 1 aliphatic heterocycles. The number of carbonyl (C=O) groups is 1. The number of nitrogens with zero attached hydrogens (tertiary/aromatic N) is 2. The van der Waals surface area contributed by atoms with Crippen LogP contribution in [0.5, 0.6) is 0 Å². The number of benzene rings is 2. The van der Waals surface area contributed by atoms with Crippen LogP contribution >= 0.6 is 0 Å². The standard InChI is InChI=1S/C21H23FN2O/c1-16-6-12-19(13-7-16)24(21-5-3-2-4-14-23-21)15-20(25)17-8-10-18(22)11-9-17/h6-13H,2-5,14-15H2,1H3. The molecule has 0 N–H and O–H groups in total. The van der Waals surface area contributed by atoms with Gasteiger partial charge in [-0.25, -0.2) is 4.39 Å². The number of amidine groups is 1. The van der Waals surface area contributed by atoms with Crippen LogP contribution in [0.15, 0.2) is 53.5 Å². The Hall–Kier alpha value is -2.49. The summed E-state index contributed by atoms with van der Waals surface area (Å²) in [5.74, 6) is 0.601. The van der Waals surface area contributed by atoms with Gasteiger partial charge in [0.25, 0.3) is 0 Å². The van der Waals surface area contributed by atoms with Crippen molar-refractivity contribution in [2.45, 2.75) is 32.6 Å². The van der Waals surface area contributed by atoms with Gasteiger partial charge in [-0.2, -0.15) is 0 Å². The first-order chi connectivity index (χ1) is 12.1. The fourth-order valence-electron chi connectivity index (χ4n) is 3.01. The molecule has 0 spiro atoms. The van der Waals surface area contributed by atoms with Gasteiger partial charge < -0.3 is 4.90 Å². The molecule has 0 aliphatic carbocycles. The van der Waals surface area contributed by atoms with Crippen molar-refractivity contribution in [3.8, 4) is 0 Å². The number of rotatable bonds is 4. The van der Waals surface area contributed by atoms with E-state index in [9.17, 15) is 9.18 Å². The molecule has 3 nitrogen and oxygen atoms in total. The zero-order valence-corrected chi connectivity index (χ0v) is 14.5. The average Bonchev–Trinajstić information content (AvgIpc) is 2.90. The lowest BCUT2D eigenvalue weighted by atomic mass is 10.1. The normalized spacial score (nSPS) is 14.6. The van der Waals surface area contributed by atoms with E-state index in [4.69, 9.17) is 4.99 Å². The van der Waals surface area contributed by atoms with Crippen LogP contribution in [0.2, 0.25) is 0 Å². The molecular weight excluding hydrogens is 315 g/mol. The molecule has 0 fully saturated rings. The molecule has 4 heteroatoms. The summed E-state index contributed by atoms with van der Waals surface area (Å²) in [6.45, 7) is 3.07. The third-order valence-corrected chi connectivity index (χ3v) is 4.48. The monoisotopic (exact) mass is 338 g/mol. The topological polar surface area (TPSA) is 32.7 Å². The molecular formula is C21H23FN2O. The number of hydrogen-bond acceptors (Lipinski definition) is 3. The molecule has 1 heterocycles. The van der Waals surface area contributed by atoms with Gasteiger partial charge in [-0.15, -0.1) is 0 Å². The molecule has 1 aliphatic rings. The van der Waals surface area contributed by atoms with Crippen molar-refractivity contribution in [1.82, 2.24) is 0 Å². The highest BCUT2D eigenvalue weighted by Crippen LogP contribution is 2.20. The lowest BCUT2D eigenvalue weighted by molar-refractivity contribution is 0.100. The molecule has 0 saturated heterocycles. The summed E-state index contributed by atoms with van der Waals surface area (Å²) in [7, 11) is 0. The highest BCUT2D eigenvalue weighted by Gasteiger charge is 2.19. The highest BCUT2D eigenvalue weighted by molar-refractivity contribution is 6.07. The molecule has 2 aromatic carbocycles. The second-order valence-electron chi connectivity index (χ2n) is 6.46. The maximum Gasteiger partial charge on any atom is 0.182 e. The second kappa shape index (κ2) is 8.06. The number of aryl methyl sites for hydroxylation is 1. The summed E-state index contributed by atoms with van der Waals surface area (Å²) in [6.07, 6.45) is 4.23. The fourth-order valence-corrected chi connectivity index (χ4v) is 3.01. The van der Waals surface area contributed by atoms with E-state index in [-0.39, 0.29) is 18.1 Å². The Morgan fingerprint density at radius 1 is 1.04 bits per heavy atom. The summed E-state index contributed by atoms with van der Waals surface area (Å²) in [4.78, 5) is 19.4. The quantitative estimate of drug-likeness (QED) is 0.751. The number of ketones is 1. The zero-order chi connectivity index (χ0) is 17.6. The molecule has 0 unspecified atom stereocenters. The van der Waals surface area contributed by atoms with Crippen LogP contribution in [0.25, 0.3) is 0 Å². The number of Topliss-reactive ketones (excluding diaryl/α,β-unsaturated/α-hetero) is 1. The molecule has 2 aromatic rings. The molecule has 0 aromatic heterocycles. The van der Waals surface area contributed by atoms with Crippen LogP contribution in [-0.2, 0) is 0 Å².